The van der Waals surface area contributed by atoms with Crippen LogP contribution in [-0.2, 0) is 16.1 Å². The van der Waals surface area contributed by atoms with Gasteiger partial charge < -0.3 is 14.6 Å². The Labute approximate surface area is 134 Å². The molecule has 1 spiro atoms. The van der Waals surface area contributed by atoms with Crippen LogP contribution >= 0.6 is 11.6 Å². The summed E-state index contributed by atoms with van der Waals surface area (Å²) in [5.41, 5.74) is 0.967. The Morgan fingerprint density at radius 1 is 1.55 bits per heavy atom. The Bertz CT molecular complexity index is 573. The van der Waals surface area contributed by atoms with E-state index in [1.807, 2.05) is 12.1 Å². The summed E-state index contributed by atoms with van der Waals surface area (Å²) in [6.45, 7) is 1.52. The van der Waals surface area contributed by atoms with Crippen LogP contribution in [0.25, 0.3) is 0 Å². The zero-order valence-corrected chi connectivity index (χ0v) is 13.3. The van der Waals surface area contributed by atoms with Crippen LogP contribution < -0.4 is 4.74 Å². The minimum atomic E-state index is -0.903. The van der Waals surface area contributed by atoms with Gasteiger partial charge in [-0.25, -0.2) is 4.79 Å². The van der Waals surface area contributed by atoms with E-state index in [1.54, 1.807) is 13.2 Å². The molecule has 2 aliphatic rings. The average Bonchev–Trinajstić information content (AvgIpc) is 2.47. The van der Waals surface area contributed by atoms with Gasteiger partial charge in [0.15, 0.2) is 6.10 Å². The number of carboxylic acids is 1. The summed E-state index contributed by atoms with van der Waals surface area (Å²) < 4.78 is 10.7. The molecule has 1 heterocycles. The first-order chi connectivity index (χ1) is 10.5. The molecule has 6 heteroatoms. The summed E-state index contributed by atoms with van der Waals surface area (Å²) >= 11 is 6.33. The minimum absolute atomic E-state index is 0.0186. The van der Waals surface area contributed by atoms with E-state index < -0.39 is 12.1 Å². The second kappa shape index (κ2) is 6.07. The van der Waals surface area contributed by atoms with Crippen molar-refractivity contribution in [1.29, 1.82) is 0 Å². The molecule has 0 amide bonds. The fraction of sp³-hybridized carbons (Fsp3) is 0.562. The number of ether oxygens (including phenoxy) is 2. The normalized spacial score (nSPS) is 24.0. The maximum Gasteiger partial charge on any atom is 0.334 e. The molecule has 0 aromatic heterocycles. The van der Waals surface area contributed by atoms with Crippen molar-refractivity contribution in [2.45, 2.75) is 37.5 Å². The number of halogens is 1. The van der Waals surface area contributed by atoms with Crippen molar-refractivity contribution >= 4 is 17.6 Å². The number of nitrogens with zero attached hydrogens (tertiary/aromatic N) is 1. The van der Waals surface area contributed by atoms with E-state index in [0.717, 1.165) is 30.6 Å². The van der Waals surface area contributed by atoms with Crippen molar-refractivity contribution < 1.29 is 19.4 Å². The highest BCUT2D eigenvalue weighted by Crippen LogP contribution is 2.42. The third-order valence-electron chi connectivity index (χ3n) is 4.79. The van der Waals surface area contributed by atoms with Gasteiger partial charge in [-0.05, 0) is 37.0 Å². The van der Waals surface area contributed by atoms with Crippen molar-refractivity contribution in [2.75, 3.05) is 20.3 Å². The molecular formula is C16H20ClNO4. The highest BCUT2D eigenvalue weighted by atomic mass is 35.5. The van der Waals surface area contributed by atoms with E-state index in [2.05, 4.69) is 4.90 Å². The number of aliphatic carboxylic acids is 1. The number of carbonyl (C=O) groups is 1. The summed E-state index contributed by atoms with van der Waals surface area (Å²) in [4.78, 5) is 13.5. The molecule has 1 atom stereocenters. The lowest BCUT2D eigenvalue weighted by atomic mass is 9.74. The predicted octanol–water partition coefficient (Wildman–Crippen LogP) is 2.56. The summed E-state index contributed by atoms with van der Waals surface area (Å²) in [6.07, 6.45) is 2.50. The maximum absolute atomic E-state index is 11.2. The number of benzene rings is 1. The molecule has 1 aliphatic carbocycles. The van der Waals surface area contributed by atoms with Gasteiger partial charge in [0.05, 0.1) is 13.7 Å². The Hall–Kier alpha value is -1.30. The zero-order valence-electron chi connectivity index (χ0n) is 12.5. The number of hydrogen-bond donors (Lipinski definition) is 1. The SMILES string of the molecule is COc1ccc(CN2CC(C(=O)O)OCC23CCC3)c(Cl)c1. The van der Waals surface area contributed by atoms with E-state index in [0.29, 0.717) is 24.7 Å². The molecule has 1 saturated carbocycles. The highest BCUT2D eigenvalue weighted by Gasteiger charge is 2.48. The van der Waals surface area contributed by atoms with Crippen LogP contribution in [0.2, 0.25) is 5.02 Å². The van der Waals surface area contributed by atoms with E-state index in [9.17, 15) is 9.90 Å². The number of morpholine rings is 1. The molecule has 2 fully saturated rings. The average molecular weight is 326 g/mol. The van der Waals surface area contributed by atoms with Gasteiger partial charge in [-0.2, -0.15) is 0 Å². The summed E-state index contributed by atoms with van der Waals surface area (Å²) in [6, 6.07) is 5.61. The molecule has 1 aliphatic heterocycles. The summed E-state index contributed by atoms with van der Waals surface area (Å²) in [5, 5.41) is 9.86. The number of methoxy groups -OCH3 is 1. The van der Waals surface area contributed by atoms with Gasteiger partial charge in [0.2, 0.25) is 0 Å². The third kappa shape index (κ3) is 2.81. The number of carboxylic acid groups (broad SMARTS) is 1. The van der Waals surface area contributed by atoms with Crippen molar-refractivity contribution in [1.82, 2.24) is 4.90 Å². The summed E-state index contributed by atoms with van der Waals surface area (Å²) in [7, 11) is 1.61. The molecule has 3 rings (SSSR count). The quantitative estimate of drug-likeness (QED) is 0.922. The van der Waals surface area contributed by atoms with Crippen LogP contribution in [0.4, 0.5) is 0 Å². The minimum Gasteiger partial charge on any atom is -0.497 e. The third-order valence-corrected chi connectivity index (χ3v) is 5.14. The lowest BCUT2D eigenvalue weighted by molar-refractivity contribution is -0.178. The van der Waals surface area contributed by atoms with Crippen molar-refractivity contribution in [3.8, 4) is 5.75 Å². The molecule has 22 heavy (non-hydrogen) atoms. The lowest BCUT2D eigenvalue weighted by Gasteiger charge is -2.54. The van der Waals surface area contributed by atoms with Gasteiger partial charge in [0.1, 0.15) is 5.75 Å². The smallest absolute Gasteiger partial charge is 0.334 e. The molecule has 0 radical (unpaired) electrons. The van der Waals surface area contributed by atoms with Gasteiger partial charge >= 0.3 is 5.97 Å². The number of rotatable bonds is 4. The monoisotopic (exact) mass is 325 g/mol. The second-order valence-electron chi connectivity index (χ2n) is 6.05. The van der Waals surface area contributed by atoms with E-state index in [-0.39, 0.29) is 5.54 Å². The molecule has 120 valence electrons. The van der Waals surface area contributed by atoms with Crippen LogP contribution in [0.3, 0.4) is 0 Å². The highest BCUT2D eigenvalue weighted by molar-refractivity contribution is 6.31. The molecular weight excluding hydrogens is 306 g/mol. The van der Waals surface area contributed by atoms with Crippen LogP contribution in [0.5, 0.6) is 5.75 Å². The van der Waals surface area contributed by atoms with E-state index in [1.165, 1.54) is 0 Å². The molecule has 1 N–H and O–H groups in total. The molecule has 1 saturated heterocycles. The van der Waals surface area contributed by atoms with Crippen molar-refractivity contribution in [3.63, 3.8) is 0 Å². The fourth-order valence-electron chi connectivity index (χ4n) is 3.21. The van der Waals surface area contributed by atoms with Crippen LogP contribution in [-0.4, -0.2) is 47.9 Å². The Balaban J connectivity index is 1.79. The Kier molecular flexibility index (Phi) is 4.30. The largest absolute Gasteiger partial charge is 0.497 e. The topological polar surface area (TPSA) is 59.0 Å². The first-order valence-corrected chi connectivity index (χ1v) is 7.84. The van der Waals surface area contributed by atoms with Gasteiger partial charge in [-0.3, -0.25) is 4.90 Å². The molecule has 1 aromatic carbocycles. The van der Waals surface area contributed by atoms with Gasteiger partial charge in [-0.1, -0.05) is 17.7 Å². The van der Waals surface area contributed by atoms with Crippen molar-refractivity contribution in [3.05, 3.63) is 28.8 Å². The standard InChI is InChI=1S/C16H20ClNO4/c1-21-12-4-3-11(13(17)7-12)8-18-9-14(15(19)20)22-10-16(18)5-2-6-16/h3-4,7,14H,2,5-6,8-10H2,1H3,(H,19,20). The van der Waals surface area contributed by atoms with Gasteiger partial charge in [-0.15, -0.1) is 0 Å². The maximum atomic E-state index is 11.2. The van der Waals surface area contributed by atoms with Crippen LogP contribution in [0.1, 0.15) is 24.8 Å². The molecule has 0 bridgehead atoms. The Morgan fingerprint density at radius 2 is 2.32 bits per heavy atom. The first-order valence-electron chi connectivity index (χ1n) is 7.46. The van der Waals surface area contributed by atoms with Crippen LogP contribution in [0, 0.1) is 0 Å². The van der Waals surface area contributed by atoms with E-state index >= 15 is 0 Å². The lowest BCUT2D eigenvalue weighted by Crippen LogP contribution is -2.63. The van der Waals surface area contributed by atoms with Crippen molar-refractivity contribution in [2.24, 2.45) is 0 Å². The molecule has 1 unspecified atom stereocenters. The zero-order chi connectivity index (χ0) is 15.7. The molecule has 1 aromatic rings. The van der Waals surface area contributed by atoms with E-state index in [4.69, 9.17) is 21.1 Å². The van der Waals surface area contributed by atoms with Gasteiger partial charge in [0, 0.05) is 23.7 Å². The fourth-order valence-corrected chi connectivity index (χ4v) is 3.44. The molecule has 5 nitrogen and oxygen atoms in total. The number of hydrogen-bond acceptors (Lipinski definition) is 4. The van der Waals surface area contributed by atoms with Gasteiger partial charge in [0.25, 0.3) is 0 Å². The second-order valence-corrected chi connectivity index (χ2v) is 6.46. The Morgan fingerprint density at radius 3 is 2.86 bits per heavy atom. The van der Waals surface area contributed by atoms with Crippen LogP contribution in [0.15, 0.2) is 18.2 Å². The predicted molar refractivity (Wildman–Crippen MR) is 82.4 cm³/mol. The summed E-state index contributed by atoms with van der Waals surface area (Å²) in [5.74, 6) is -0.183. The first kappa shape index (κ1) is 15.6.